The SMILES string of the molecule is CN(C)CC(=O)Nc1sc2c(c1C#N)CCCCC2. The summed E-state index contributed by atoms with van der Waals surface area (Å²) >= 11 is 1.58. The highest BCUT2D eigenvalue weighted by atomic mass is 32.1. The predicted molar refractivity (Wildman–Crippen MR) is 77.5 cm³/mol. The number of nitriles is 1. The Morgan fingerprint density at radius 3 is 2.79 bits per heavy atom. The molecular formula is C14H19N3OS. The summed E-state index contributed by atoms with van der Waals surface area (Å²) in [6.07, 6.45) is 5.57. The van der Waals surface area contributed by atoms with E-state index in [0.717, 1.165) is 24.3 Å². The summed E-state index contributed by atoms with van der Waals surface area (Å²) < 4.78 is 0. The van der Waals surface area contributed by atoms with Gasteiger partial charge in [-0.15, -0.1) is 11.3 Å². The van der Waals surface area contributed by atoms with Gasteiger partial charge in [-0.1, -0.05) is 6.42 Å². The van der Waals surface area contributed by atoms with Crippen LogP contribution in [0.3, 0.4) is 0 Å². The fraction of sp³-hybridized carbons (Fsp3) is 0.571. The molecule has 0 aromatic carbocycles. The van der Waals surface area contributed by atoms with Crippen LogP contribution in [-0.2, 0) is 17.6 Å². The van der Waals surface area contributed by atoms with Crippen molar-refractivity contribution in [3.63, 3.8) is 0 Å². The molecule has 0 bridgehead atoms. The molecular weight excluding hydrogens is 258 g/mol. The maximum absolute atomic E-state index is 11.8. The van der Waals surface area contributed by atoms with Crippen LogP contribution in [0.1, 0.15) is 35.3 Å². The van der Waals surface area contributed by atoms with Gasteiger partial charge in [0.1, 0.15) is 11.1 Å². The maximum Gasteiger partial charge on any atom is 0.239 e. The predicted octanol–water partition coefficient (Wildman–Crippen LogP) is 2.39. The molecule has 0 aliphatic heterocycles. The average Bonchev–Trinajstić information content (AvgIpc) is 2.51. The third-order valence-corrected chi connectivity index (χ3v) is 4.45. The highest BCUT2D eigenvalue weighted by Crippen LogP contribution is 2.36. The molecule has 0 atom stereocenters. The summed E-state index contributed by atoms with van der Waals surface area (Å²) in [5.41, 5.74) is 1.86. The lowest BCUT2D eigenvalue weighted by molar-refractivity contribution is -0.116. The fourth-order valence-electron chi connectivity index (χ4n) is 2.40. The first-order valence-electron chi connectivity index (χ1n) is 6.61. The van der Waals surface area contributed by atoms with E-state index in [9.17, 15) is 10.1 Å². The Hall–Kier alpha value is -1.38. The van der Waals surface area contributed by atoms with Crippen molar-refractivity contribution in [2.45, 2.75) is 32.1 Å². The molecule has 0 saturated heterocycles. The number of anilines is 1. The molecule has 0 radical (unpaired) electrons. The van der Waals surface area contributed by atoms with E-state index in [0.29, 0.717) is 12.1 Å². The molecule has 0 unspecified atom stereocenters. The fourth-order valence-corrected chi connectivity index (χ4v) is 3.66. The first-order chi connectivity index (χ1) is 9.11. The molecule has 5 heteroatoms. The summed E-state index contributed by atoms with van der Waals surface area (Å²) in [4.78, 5) is 14.9. The summed E-state index contributed by atoms with van der Waals surface area (Å²) in [7, 11) is 3.71. The Morgan fingerprint density at radius 2 is 2.11 bits per heavy atom. The normalized spacial score (nSPS) is 14.6. The largest absolute Gasteiger partial charge is 0.315 e. The molecule has 1 aromatic rings. The number of amides is 1. The third-order valence-electron chi connectivity index (χ3n) is 3.25. The zero-order chi connectivity index (χ0) is 13.8. The molecule has 1 aromatic heterocycles. The number of aryl methyl sites for hydroxylation is 1. The van der Waals surface area contributed by atoms with Crippen LogP contribution in [0.15, 0.2) is 0 Å². The number of carbonyl (C=O) groups is 1. The smallest absolute Gasteiger partial charge is 0.239 e. The van der Waals surface area contributed by atoms with Gasteiger partial charge in [0.2, 0.25) is 5.91 Å². The second kappa shape index (κ2) is 6.18. The Kier molecular flexibility index (Phi) is 4.56. The van der Waals surface area contributed by atoms with E-state index in [2.05, 4.69) is 11.4 Å². The minimum atomic E-state index is -0.0575. The van der Waals surface area contributed by atoms with Gasteiger partial charge in [0, 0.05) is 4.88 Å². The first-order valence-corrected chi connectivity index (χ1v) is 7.42. The molecule has 1 N–H and O–H groups in total. The van der Waals surface area contributed by atoms with Gasteiger partial charge in [-0.05, 0) is 45.3 Å². The summed E-state index contributed by atoms with van der Waals surface area (Å²) in [6, 6.07) is 2.27. The van der Waals surface area contributed by atoms with Crippen molar-refractivity contribution in [2.75, 3.05) is 26.0 Å². The van der Waals surface area contributed by atoms with Crippen molar-refractivity contribution in [3.8, 4) is 6.07 Å². The molecule has 102 valence electrons. The molecule has 19 heavy (non-hydrogen) atoms. The molecule has 2 rings (SSSR count). The van der Waals surface area contributed by atoms with Crippen molar-refractivity contribution in [1.29, 1.82) is 5.26 Å². The van der Waals surface area contributed by atoms with Gasteiger partial charge in [-0.2, -0.15) is 5.26 Å². The highest BCUT2D eigenvalue weighted by Gasteiger charge is 2.20. The van der Waals surface area contributed by atoms with Crippen molar-refractivity contribution < 1.29 is 4.79 Å². The van der Waals surface area contributed by atoms with Crippen LogP contribution in [0, 0.1) is 11.3 Å². The van der Waals surface area contributed by atoms with Crippen molar-refractivity contribution in [1.82, 2.24) is 4.90 Å². The lowest BCUT2D eigenvalue weighted by Crippen LogP contribution is -2.27. The van der Waals surface area contributed by atoms with Gasteiger partial charge in [0.25, 0.3) is 0 Å². The van der Waals surface area contributed by atoms with E-state index in [4.69, 9.17) is 0 Å². The Labute approximate surface area is 118 Å². The number of carbonyl (C=O) groups excluding carboxylic acids is 1. The molecule has 1 amide bonds. The van der Waals surface area contributed by atoms with Crippen LogP contribution in [0.25, 0.3) is 0 Å². The van der Waals surface area contributed by atoms with Gasteiger partial charge in [0.15, 0.2) is 0 Å². The minimum absolute atomic E-state index is 0.0575. The first kappa shape index (κ1) is 14.0. The van der Waals surface area contributed by atoms with Gasteiger partial charge in [0.05, 0.1) is 12.1 Å². The van der Waals surface area contributed by atoms with Crippen LogP contribution >= 0.6 is 11.3 Å². The van der Waals surface area contributed by atoms with Gasteiger partial charge < -0.3 is 10.2 Å². The van der Waals surface area contributed by atoms with E-state index >= 15 is 0 Å². The van der Waals surface area contributed by atoms with E-state index in [1.165, 1.54) is 23.3 Å². The van der Waals surface area contributed by atoms with Crippen LogP contribution in [0.2, 0.25) is 0 Å². The molecule has 0 saturated carbocycles. The quantitative estimate of drug-likeness (QED) is 0.863. The van der Waals surface area contributed by atoms with Crippen LogP contribution in [-0.4, -0.2) is 31.4 Å². The van der Waals surface area contributed by atoms with Crippen LogP contribution < -0.4 is 5.32 Å². The number of likely N-dealkylation sites (N-methyl/N-ethyl adjacent to an activating group) is 1. The highest BCUT2D eigenvalue weighted by molar-refractivity contribution is 7.16. The maximum atomic E-state index is 11.8. The minimum Gasteiger partial charge on any atom is -0.315 e. The molecule has 0 spiro atoms. The number of nitrogens with zero attached hydrogens (tertiary/aromatic N) is 2. The van der Waals surface area contributed by atoms with Crippen LogP contribution in [0.4, 0.5) is 5.00 Å². The van der Waals surface area contributed by atoms with E-state index in [1.54, 1.807) is 11.3 Å². The number of thiophene rings is 1. The summed E-state index contributed by atoms with van der Waals surface area (Å²) in [5.74, 6) is -0.0575. The van der Waals surface area contributed by atoms with E-state index in [-0.39, 0.29) is 5.91 Å². The van der Waals surface area contributed by atoms with Crippen LogP contribution in [0.5, 0.6) is 0 Å². The van der Waals surface area contributed by atoms with E-state index in [1.807, 2.05) is 19.0 Å². The zero-order valence-corrected chi connectivity index (χ0v) is 12.3. The molecule has 1 heterocycles. The summed E-state index contributed by atoms with van der Waals surface area (Å²) in [6.45, 7) is 0.341. The zero-order valence-electron chi connectivity index (χ0n) is 11.5. The third kappa shape index (κ3) is 3.34. The Balaban J connectivity index is 2.22. The van der Waals surface area contributed by atoms with Crippen molar-refractivity contribution >= 4 is 22.2 Å². The molecule has 1 aliphatic carbocycles. The second-order valence-corrected chi connectivity index (χ2v) is 6.27. The summed E-state index contributed by atoms with van der Waals surface area (Å²) in [5, 5.41) is 13.0. The van der Waals surface area contributed by atoms with Gasteiger partial charge in [-0.25, -0.2) is 0 Å². The monoisotopic (exact) mass is 277 g/mol. The number of hydrogen-bond donors (Lipinski definition) is 1. The topological polar surface area (TPSA) is 56.1 Å². The van der Waals surface area contributed by atoms with E-state index < -0.39 is 0 Å². The lowest BCUT2D eigenvalue weighted by Gasteiger charge is -2.09. The molecule has 4 nitrogen and oxygen atoms in total. The number of fused-ring (bicyclic) bond motifs is 1. The second-order valence-electron chi connectivity index (χ2n) is 5.17. The number of rotatable bonds is 3. The van der Waals surface area contributed by atoms with Crippen molar-refractivity contribution in [3.05, 3.63) is 16.0 Å². The Bertz CT molecular complexity index is 513. The standard InChI is InChI=1S/C14H19N3OS/c1-17(2)9-13(18)16-14-11(8-15)10-6-4-3-5-7-12(10)19-14/h3-7,9H2,1-2H3,(H,16,18). The number of hydrogen-bond acceptors (Lipinski definition) is 4. The molecule has 0 fully saturated rings. The van der Waals surface area contributed by atoms with Gasteiger partial charge >= 0.3 is 0 Å². The average molecular weight is 277 g/mol. The van der Waals surface area contributed by atoms with Crippen molar-refractivity contribution in [2.24, 2.45) is 0 Å². The lowest BCUT2D eigenvalue weighted by atomic mass is 10.1. The van der Waals surface area contributed by atoms with Gasteiger partial charge in [-0.3, -0.25) is 4.79 Å². The number of nitrogens with one attached hydrogen (secondary N) is 1. The molecule has 1 aliphatic rings. The Morgan fingerprint density at radius 1 is 1.37 bits per heavy atom.